The Balaban J connectivity index is 2.45. The summed E-state index contributed by atoms with van der Waals surface area (Å²) in [5, 5.41) is 3.56. The molecular weight excluding hydrogens is 186 g/mol. The van der Waals surface area contributed by atoms with Gasteiger partial charge in [-0.15, -0.1) is 0 Å². The molecule has 1 aromatic heterocycles. The molecule has 84 valence electrons. The highest BCUT2D eigenvalue weighted by Gasteiger charge is 2.09. The third-order valence-electron chi connectivity index (χ3n) is 2.38. The zero-order valence-corrected chi connectivity index (χ0v) is 10.1. The molecule has 3 heteroatoms. The van der Waals surface area contributed by atoms with Gasteiger partial charge in [-0.25, -0.2) is 0 Å². The zero-order valence-electron chi connectivity index (χ0n) is 10.1. The first kappa shape index (κ1) is 12.1. The number of nitrogens with one attached hydrogen (secondary N) is 1. The van der Waals surface area contributed by atoms with Gasteiger partial charge in [0, 0.05) is 31.0 Å². The van der Waals surface area contributed by atoms with Crippen LogP contribution in [0, 0.1) is 0 Å². The molecule has 0 bridgehead atoms. The molecule has 1 rings (SSSR count). The summed E-state index contributed by atoms with van der Waals surface area (Å²) in [6.45, 7) is 5.44. The van der Waals surface area contributed by atoms with Crippen molar-refractivity contribution in [3.63, 3.8) is 0 Å². The number of pyridine rings is 1. The summed E-state index contributed by atoms with van der Waals surface area (Å²) in [5.41, 5.74) is 1.29. The fourth-order valence-corrected chi connectivity index (χ4v) is 1.78. The fourth-order valence-electron chi connectivity index (χ4n) is 1.78. The van der Waals surface area contributed by atoms with E-state index in [0.29, 0.717) is 12.1 Å². The summed E-state index contributed by atoms with van der Waals surface area (Å²) in [5.74, 6) is 0. The van der Waals surface area contributed by atoms with Crippen molar-refractivity contribution in [2.75, 3.05) is 20.6 Å². The van der Waals surface area contributed by atoms with Crippen LogP contribution >= 0.6 is 0 Å². The molecule has 0 saturated heterocycles. The van der Waals surface area contributed by atoms with Gasteiger partial charge < -0.3 is 10.2 Å². The van der Waals surface area contributed by atoms with Gasteiger partial charge in [0.15, 0.2) is 0 Å². The average Bonchev–Trinajstić information content (AvgIpc) is 2.17. The second-order valence-electron chi connectivity index (χ2n) is 4.33. The molecule has 0 aliphatic rings. The SMILES string of the molecule is CC(CN(C)C)NC(C)c1ccncc1. The highest BCUT2D eigenvalue weighted by atomic mass is 15.1. The van der Waals surface area contributed by atoms with Crippen LogP contribution in [0.15, 0.2) is 24.5 Å². The lowest BCUT2D eigenvalue weighted by atomic mass is 10.1. The smallest absolute Gasteiger partial charge is 0.0295 e. The maximum atomic E-state index is 4.02. The number of hydrogen-bond acceptors (Lipinski definition) is 3. The second-order valence-corrected chi connectivity index (χ2v) is 4.33. The van der Waals surface area contributed by atoms with E-state index in [1.54, 1.807) is 0 Å². The van der Waals surface area contributed by atoms with Crippen LogP contribution < -0.4 is 5.32 Å². The molecule has 15 heavy (non-hydrogen) atoms. The molecule has 0 spiro atoms. The molecule has 0 amide bonds. The van der Waals surface area contributed by atoms with Gasteiger partial charge in [0.05, 0.1) is 0 Å². The third kappa shape index (κ3) is 4.40. The van der Waals surface area contributed by atoms with Gasteiger partial charge in [-0.1, -0.05) is 0 Å². The monoisotopic (exact) mass is 207 g/mol. The standard InChI is InChI=1S/C12H21N3/c1-10(9-15(3)4)14-11(2)12-5-7-13-8-6-12/h5-8,10-11,14H,9H2,1-4H3. The summed E-state index contributed by atoms with van der Waals surface area (Å²) in [7, 11) is 4.19. The van der Waals surface area contributed by atoms with Gasteiger partial charge in [-0.05, 0) is 45.6 Å². The topological polar surface area (TPSA) is 28.2 Å². The molecule has 0 aliphatic carbocycles. The van der Waals surface area contributed by atoms with Gasteiger partial charge in [0.2, 0.25) is 0 Å². The first-order chi connectivity index (χ1) is 7.09. The van der Waals surface area contributed by atoms with Crippen LogP contribution in [0.3, 0.4) is 0 Å². The van der Waals surface area contributed by atoms with Gasteiger partial charge in [-0.2, -0.15) is 0 Å². The normalized spacial score (nSPS) is 15.3. The summed E-state index contributed by atoms with van der Waals surface area (Å²) < 4.78 is 0. The van der Waals surface area contributed by atoms with Crippen LogP contribution in [0.2, 0.25) is 0 Å². The number of aromatic nitrogens is 1. The Kier molecular flexibility index (Phi) is 4.72. The van der Waals surface area contributed by atoms with Crippen LogP contribution in [-0.2, 0) is 0 Å². The van der Waals surface area contributed by atoms with Gasteiger partial charge in [0.25, 0.3) is 0 Å². The van der Waals surface area contributed by atoms with E-state index in [1.807, 2.05) is 12.4 Å². The number of likely N-dealkylation sites (N-methyl/N-ethyl adjacent to an activating group) is 1. The van der Waals surface area contributed by atoms with Crippen molar-refractivity contribution in [1.82, 2.24) is 15.2 Å². The lowest BCUT2D eigenvalue weighted by Gasteiger charge is -2.22. The molecule has 1 aromatic rings. The summed E-state index contributed by atoms with van der Waals surface area (Å²) in [6, 6.07) is 4.98. The molecule has 1 N–H and O–H groups in total. The highest BCUT2D eigenvalue weighted by Crippen LogP contribution is 2.10. The Labute approximate surface area is 92.5 Å². The summed E-state index contributed by atoms with van der Waals surface area (Å²) >= 11 is 0. The Morgan fingerprint density at radius 2 is 1.87 bits per heavy atom. The van der Waals surface area contributed by atoms with Crippen LogP contribution in [0.5, 0.6) is 0 Å². The quantitative estimate of drug-likeness (QED) is 0.796. The highest BCUT2D eigenvalue weighted by molar-refractivity contribution is 5.14. The minimum absolute atomic E-state index is 0.378. The van der Waals surface area contributed by atoms with E-state index in [1.165, 1.54) is 5.56 Å². The van der Waals surface area contributed by atoms with E-state index in [0.717, 1.165) is 6.54 Å². The average molecular weight is 207 g/mol. The Morgan fingerprint density at radius 3 is 2.40 bits per heavy atom. The summed E-state index contributed by atoms with van der Waals surface area (Å²) in [4.78, 5) is 6.21. The minimum Gasteiger partial charge on any atom is -0.308 e. The molecule has 0 aliphatic heterocycles. The van der Waals surface area contributed by atoms with Crippen molar-refractivity contribution in [2.24, 2.45) is 0 Å². The molecule has 0 fully saturated rings. The van der Waals surface area contributed by atoms with Crippen molar-refractivity contribution in [3.8, 4) is 0 Å². The summed E-state index contributed by atoms with van der Waals surface area (Å²) in [6.07, 6.45) is 3.67. The van der Waals surface area contributed by atoms with Crippen LogP contribution in [0.4, 0.5) is 0 Å². The van der Waals surface area contributed by atoms with E-state index in [9.17, 15) is 0 Å². The third-order valence-corrected chi connectivity index (χ3v) is 2.38. The molecule has 1 heterocycles. The van der Waals surface area contributed by atoms with Crippen molar-refractivity contribution in [2.45, 2.75) is 25.9 Å². The second kappa shape index (κ2) is 5.83. The fraction of sp³-hybridized carbons (Fsp3) is 0.583. The molecule has 0 saturated carbocycles. The Morgan fingerprint density at radius 1 is 1.27 bits per heavy atom. The van der Waals surface area contributed by atoms with Crippen LogP contribution in [0.25, 0.3) is 0 Å². The van der Waals surface area contributed by atoms with Crippen molar-refractivity contribution >= 4 is 0 Å². The van der Waals surface area contributed by atoms with Crippen molar-refractivity contribution < 1.29 is 0 Å². The molecule has 0 radical (unpaired) electrons. The molecule has 2 unspecified atom stereocenters. The number of nitrogens with zero attached hydrogens (tertiary/aromatic N) is 2. The number of rotatable bonds is 5. The van der Waals surface area contributed by atoms with E-state index in [2.05, 4.69) is 55.3 Å². The molecular formula is C12H21N3. The predicted octanol–water partition coefficient (Wildman–Crippen LogP) is 1.68. The van der Waals surface area contributed by atoms with Crippen LogP contribution in [0.1, 0.15) is 25.5 Å². The molecule has 2 atom stereocenters. The van der Waals surface area contributed by atoms with Crippen molar-refractivity contribution in [1.29, 1.82) is 0 Å². The van der Waals surface area contributed by atoms with Crippen molar-refractivity contribution in [3.05, 3.63) is 30.1 Å². The lowest BCUT2D eigenvalue weighted by molar-refractivity contribution is 0.334. The van der Waals surface area contributed by atoms with Gasteiger partial charge >= 0.3 is 0 Å². The van der Waals surface area contributed by atoms with E-state index >= 15 is 0 Å². The molecule has 0 aromatic carbocycles. The minimum atomic E-state index is 0.378. The maximum Gasteiger partial charge on any atom is 0.0295 e. The molecule has 3 nitrogen and oxygen atoms in total. The first-order valence-electron chi connectivity index (χ1n) is 5.40. The number of hydrogen-bond donors (Lipinski definition) is 1. The van der Waals surface area contributed by atoms with Gasteiger partial charge in [-0.3, -0.25) is 4.98 Å². The van der Waals surface area contributed by atoms with E-state index in [-0.39, 0.29) is 0 Å². The zero-order chi connectivity index (χ0) is 11.3. The van der Waals surface area contributed by atoms with E-state index < -0.39 is 0 Å². The van der Waals surface area contributed by atoms with Crippen LogP contribution in [-0.4, -0.2) is 36.6 Å². The Bertz CT molecular complexity index is 271. The predicted molar refractivity (Wildman–Crippen MR) is 63.8 cm³/mol. The lowest BCUT2D eigenvalue weighted by Crippen LogP contribution is -2.37. The maximum absolute atomic E-state index is 4.02. The largest absolute Gasteiger partial charge is 0.308 e. The van der Waals surface area contributed by atoms with E-state index in [4.69, 9.17) is 0 Å². The first-order valence-corrected chi connectivity index (χ1v) is 5.40. The van der Waals surface area contributed by atoms with Gasteiger partial charge in [0.1, 0.15) is 0 Å². The Hall–Kier alpha value is -0.930.